The molecule has 1 aromatic carbocycles. The summed E-state index contributed by atoms with van der Waals surface area (Å²) in [6, 6.07) is 6.23. The topological polar surface area (TPSA) is 80.9 Å². The fourth-order valence-electron chi connectivity index (χ4n) is 1.74. The molecule has 1 aromatic heterocycles. The highest BCUT2D eigenvalue weighted by Crippen LogP contribution is 2.22. The molecule has 22 heavy (non-hydrogen) atoms. The van der Waals surface area contributed by atoms with Crippen LogP contribution in [0, 0.1) is 19.7 Å². The summed E-state index contributed by atoms with van der Waals surface area (Å²) in [5.41, 5.74) is 7.35. The zero-order valence-electron chi connectivity index (χ0n) is 12.6. The molecular formula is C15H17FN4OS. The van der Waals surface area contributed by atoms with Gasteiger partial charge in [0.05, 0.1) is 5.25 Å². The number of benzene rings is 1. The van der Waals surface area contributed by atoms with Crippen molar-refractivity contribution in [3.8, 4) is 0 Å². The quantitative estimate of drug-likeness (QED) is 0.669. The van der Waals surface area contributed by atoms with E-state index < -0.39 is 5.25 Å². The lowest BCUT2D eigenvalue weighted by atomic mass is 10.2. The number of nitrogens with two attached hydrogens (primary N) is 1. The predicted octanol–water partition coefficient (Wildman–Crippen LogP) is 2.93. The number of nitrogens with zero attached hydrogens (tertiary/aromatic N) is 2. The molecule has 0 radical (unpaired) electrons. The van der Waals surface area contributed by atoms with Crippen LogP contribution in [0.15, 0.2) is 29.4 Å². The number of carbonyl (C=O) groups is 1. The maximum atomic E-state index is 13.5. The van der Waals surface area contributed by atoms with Gasteiger partial charge < -0.3 is 11.1 Å². The summed E-state index contributed by atoms with van der Waals surface area (Å²) in [5.74, 6) is -0.243. The van der Waals surface area contributed by atoms with Gasteiger partial charge in [-0.2, -0.15) is 0 Å². The summed E-state index contributed by atoms with van der Waals surface area (Å²) in [7, 11) is 0. The second-order valence-corrected chi connectivity index (χ2v) is 6.24. The molecule has 0 unspecified atom stereocenters. The van der Waals surface area contributed by atoms with Crippen molar-refractivity contribution in [2.75, 3.05) is 11.1 Å². The van der Waals surface area contributed by atoms with Gasteiger partial charge in [-0.15, -0.1) is 0 Å². The molecule has 0 bridgehead atoms. The summed E-state index contributed by atoms with van der Waals surface area (Å²) in [6.45, 7) is 5.20. The summed E-state index contributed by atoms with van der Waals surface area (Å²) in [5, 5.41) is 2.67. The zero-order chi connectivity index (χ0) is 16.3. The molecular weight excluding hydrogens is 303 g/mol. The van der Waals surface area contributed by atoms with Gasteiger partial charge >= 0.3 is 0 Å². The van der Waals surface area contributed by atoms with Gasteiger partial charge in [0.25, 0.3) is 0 Å². The van der Waals surface area contributed by atoms with Gasteiger partial charge in [-0.3, -0.25) is 4.79 Å². The van der Waals surface area contributed by atoms with E-state index >= 15 is 0 Å². The Hall–Kier alpha value is -2.15. The Morgan fingerprint density at radius 2 is 2.05 bits per heavy atom. The van der Waals surface area contributed by atoms with Crippen molar-refractivity contribution >= 4 is 29.2 Å². The van der Waals surface area contributed by atoms with Crippen molar-refractivity contribution in [3.05, 3.63) is 41.3 Å². The molecule has 2 aromatic rings. The minimum absolute atomic E-state index is 0.253. The molecule has 0 aliphatic heterocycles. The minimum Gasteiger partial charge on any atom is -0.384 e. The van der Waals surface area contributed by atoms with E-state index in [9.17, 15) is 9.18 Å². The Balaban J connectivity index is 2.04. The number of nitrogens with one attached hydrogen (secondary N) is 1. The van der Waals surface area contributed by atoms with Crippen molar-refractivity contribution < 1.29 is 9.18 Å². The highest BCUT2D eigenvalue weighted by molar-refractivity contribution is 8.00. The monoisotopic (exact) mass is 320 g/mol. The number of carbonyl (C=O) groups excluding carboxylic acids is 1. The van der Waals surface area contributed by atoms with Gasteiger partial charge in [0, 0.05) is 17.4 Å². The second-order valence-electron chi connectivity index (χ2n) is 4.93. The molecule has 2 rings (SSSR count). The highest BCUT2D eigenvalue weighted by Gasteiger charge is 2.17. The first kappa shape index (κ1) is 16.2. The number of thioether (sulfide) groups is 1. The molecule has 7 heteroatoms. The number of nitrogen functional groups attached to an aromatic ring is 1. The number of aryl methyl sites for hydroxylation is 2. The van der Waals surface area contributed by atoms with Crippen LogP contribution >= 0.6 is 11.8 Å². The number of halogens is 1. The van der Waals surface area contributed by atoms with Crippen LogP contribution in [0.5, 0.6) is 0 Å². The Kier molecular flexibility index (Phi) is 4.97. The smallest absolute Gasteiger partial charge is 0.237 e. The van der Waals surface area contributed by atoms with Crippen LogP contribution in [0.2, 0.25) is 0 Å². The number of aromatic nitrogens is 2. The number of anilines is 2. The molecule has 1 amide bonds. The van der Waals surface area contributed by atoms with E-state index in [-0.39, 0.29) is 11.7 Å². The van der Waals surface area contributed by atoms with Crippen LogP contribution in [0.1, 0.15) is 18.2 Å². The van der Waals surface area contributed by atoms with Crippen LogP contribution in [-0.4, -0.2) is 21.1 Å². The third-order valence-corrected chi connectivity index (χ3v) is 3.91. The SMILES string of the molecule is Cc1cc(N)nc(S[C@@H](C)C(=O)Nc2ccc(C)c(F)c2)n1. The first-order valence-electron chi connectivity index (χ1n) is 6.70. The van der Waals surface area contributed by atoms with Crippen LogP contribution < -0.4 is 11.1 Å². The normalized spacial score (nSPS) is 12.0. The van der Waals surface area contributed by atoms with Crippen LogP contribution in [-0.2, 0) is 4.79 Å². The Labute approximate surface area is 132 Å². The van der Waals surface area contributed by atoms with E-state index in [1.54, 1.807) is 32.0 Å². The molecule has 0 spiro atoms. The zero-order valence-corrected chi connectivity index (χ0v) is 13.4. The van der Waals surface area contributed by atoms with Gasteiger partial charge in [0.1, 0.15) is 11.6 Å². The van der Waals surface area contributed by atoms with Crippen molar-refractivity contribution in [1.82, 2.24) is 9.97 Å². The number of rotatable bonds is 4. The lowest BCUT2D eigenvalue weighted by Crippen LogP contribution is -2.22. The fourth-order valence-corrected chi connectivity index (χ4v) is 2.58. The molecule has 0 saturated heterocycles. The first-order chi connectivity index (χ1) is 10.3. The molecule has 1 atom stereocenters. The molecule has 0 aliphatic carbocycles. The largest absolute Gasteiger partial charge is 0.384 e. The van der Waals surface area contributed by atoms with Crippen molar-refractivity contribution in [2.24, 2.45) is 0 Å². The first-order valence-corrected chi connectivity index (χ1v) is 7.58. The molecule has 1 heterocycles. The summed E-state index contributed by atoms with van der Waals surface area (Å²) in [4.78, 5) is 20.4. The number of amides is 1. The number of hydrogen-bond acceptors (Lipinski definition) is 5. The van der Waals surface area contributed by atoms with Gasteiger partial charge in [-0.1, -0.05) is 17.8 Å². The third kappa shape index (κ3) is 4.17. The van der Waals surface area contributed by atoms with Gasteiger partial charge in [0.15, 0.2) is 5.16 Å². The fraction of sp³-hybridized carbons (Fsp3) is 0.267. The maximum Gasteiger partial charge on any atom is 0.237 e. The average Bonchev–Trinajstić information content (AvgIpc) is 2.41. The second kappa shape index (κ2) is 6.74. The summed E-state index contributed by atoms with van der Waals surface area (Å²) in [6.07, 6.45) is 0. The van der Waals surface area contributed by atoms with E-state index in [4.69, 9.17) is 5.73 Å². The molecule has 5 nitrogen and oxygen atoms in total. The van der Waals surface area contributed by atoms with Gasteiger partial charge in [-0.25, -0.2) is 14.4 Å². The molecule has 0 saturated carbocycles. The van der Waals surface area contributed by atoms with Crippen LogP contribution in [0.25, 0.3) is 0 Å². The third-order valence-electron chi connectivity index (χ3n) is 2.94. The number of hydrogen-bond donors (Lipinski definition) is 2. The van der Waals surface area contributed by atoms with Crippen molar-refractivity contribution in [2.45, 2.75) is 31.2 Å². The summed E-state index contributed by atoms with van der Waals surface area (Å²) >= 11 is 1.20. The predicted molar refractivity (Wildman–Crippen MR) is 86.3 cm³/mol. The van der Waals surface area contributed by atoms with Crippen LogP contribution in [0.4, 0.5) is 15.9 Å². The molecule has 0 aliphatic rings. The van der Waals surface area contributed by atoms with Crippen LogP contribution in [0.3, 0.4) is 0 Å². The maximum absolute atomic E-state index is 13.5. The van der Waals surface area contributed by atoms with E-state index in [1.165, 1.54) is 17.8 Å². The minimum atomic E-state index is -0.439. The Morgan fingerprint density at radius 1 is 1.32 bits per heavy atom. The van der Waals surface area contributed by atoms with E-state index in [0.717, 1.165) is 5.69 Å². The Morgan fingerprint density at radius 3 is 2.68 bits per heavy atom. The van der Waals surface area contributed by atoms with E-state index in [1.807, 2.05) is 6.92 Å². The van der Waals surface area contributed by atoms with E-state index in [0.29, 0.717) is 22.2 Å². The average molecular weight is 320 g/mol. The summed E-state index contributed by atoms with van der Waals surface area (Å²) < 4.78 is 13.5. The standard InChI is InChI=1S/C15H17FN4OS/c1-8-4-5-11(7-12(8)16)19-14(21)10(3)22-15-18-9(2)6-13(17)20-15/h4-7,10H,1-3H3,(H,19,21)(H2,17,18,20)/t10-/m0/s1. The van der Waals surface area contributed by atoms with Crippen molar-refractivity contribution in [3.63, 3.8) is 0 Å². The van der Waals surface area contributed by atoms with E-state index in [2.05, 4.69) is 15.3 Å². The molecule has 0 fully saturated rings. The highest BCUT2D eigenvalue weighted by atomic mass is 32.2. The van der Waals surface area contributed by atoms with Gasteiger partial charge in [-0.05, 0) is 38.5 Å². The lowest BCUT2D eigenvalue weighted by Gasteiger charge is -2.12. The lowest BCUT2D eigenvalue weighted by molar-refractivity contribution is -0.115. The Bertz CT molecular complexity index is 688. The van der Waals surface area contributed by atoms with Gasteiger partial charge in [0.2, 0.25) is 5.91 Å². The molecule has 3 N–H and O–H groups in total. The molecule has 116 valence electrons. The van der Waals surface area contributed by atoms with Crippen molar-refractivity contribution in [1.29, 1.82) is 0 Å².